The number of aromatic carboxylic acids is 1. The number of aromatic nitrogens is 1. The summed E-state index contributed by atoms with van der Waals surface area (Å²) in [5.41, 5.74) is 4.67. The molecule has 17 heavy (non-hydrogen) atoms. The number of alkyl halides is 3. The molecular formula is C8H6F3IN2O3. The lowest BCUT2D eigenvalue weighted by Gasteiger charge is -2.13. The molecule has 9 heteroatoms. The SMILES string of the molecule is NCc1c(I)cnc(OC(F)(F)F)c1C(=O)O. The van der Waals surface area contributed by atoms with Crippen LogP contribution >= 0.6 is 22.6 Å². The van der Waals surface area contributed by atoms with Crippen molar-refractivity contribution in [3.8, 4) is 5.88 Å². The van der Waals surface area contributed by atoms with Crippen molar-refractivity contribution in [1.29, 1.82) is 0 Å². The summed E-state index contributed by atoms with van der Waals surface area (Å²) < 4.78 is 40.0. The molecule has 0 saturated carbocycles. The fourth-order valence-corrected chi connectivity index (χ4v) is 1.74. The third-order valence-corrected chi connectivity index (χ3v) is 2.66. The number of carboxylic acid groups (broad SMARTS) is 1. The van der Waals surface area contributed by atoms with E-state index in [0.717, 1.165) is 6.20 Å². The fraction of sp³-hybridized carbons (Fsp3) is 0.250. The molecule has 3 N–H and O–H groups in total. The lowest BCUT2D eigenvalue weighted by molar-refractivity contribution is -0.276. The average molecular weight is 362 g/mol. The lowest BCUT2D eigenvalue weighted by Crippen LogP contribution is -2.21. The van der Waals surface area contributed by atoms with Crippen LogP contribution in [0.3, 0.4) is 0 Å². The molecule has 0 amide bonds. The van der Waals surface area contributed by atoms with E-state index in [4.69, 9.17) is 10.8 Å². The number of nitrogens with zero attached hydrogens (tertiary/aromatic N) is 1. The van der Waals surface area contributed by atoms with Crippen molar-refractivity contribution < 1.29 is 27.8 Å². The van der Waals surface area contributed by atoms with Crippen molar-refractivity contribution in [3.63, 3.8) is 0 Å². The first-order valence-electron chi connectivity index (χ1n) is 4.12. The molecule has 5 nitrogen and oxygen atoms in total. The van der Waals surface area contributed by atoms with Crippen LogP contribution in [0.1, 0.15) is 15.9 Å². The normalized spacial score (nSPS) is 11.4. The van der Waals surface area contributed by atoms with Gasteiger partial charge in [0, 0.05) is 21.9 Å². The van der Waals surface area contributed by atoms with Crippen molar-refractivity contribution in [1.82, 2.24) is 4.98 Å². The molecule has 0 fully saturated rings. The minimum absolute atomic E-state index is 0.0485. The predicted molar refractivity (Wildman–Crippen MR) is 58.5 cm³/mol. The summed E-state index contributed by atoms with van der Waals surface area (Å²) in [4.78, 5) is 14.2. The molecule has 94 valence electrons. The maximum atomic E-state index is 12.0. The van der Waals surface area contributed by atoms with E-state index < -0.39 is 23.8 Å². The van der Waals surface area contributed by atoms with Gasteiger partial charge in [-0.1, -0.05) is 0 Å². The first-order valence-corrected chi connectivity index (χ1v) is 5.20. The summed E-state index contributed by atoms with van der Waals surface area (Å²) in [6.07, 6.45) is -3.94. The van der Waals surface area contributed by atoms with Crippen LogP contribution in [0.25, 0.3) is 0 Å². The second-order valence-corrected chi connectivity index (χ2v) is 3.98. The summed E-state index contributed by atoms with van der Waals surface area (Å²) in [5, 5.41) is 8.85. The minimum atomic E-state index is -5.00. The molecule has 1 aromatic rings. The van der Waals surface area contributed by atoms with Gasteiger partial charge in [-0.3, -0.25) is 0 Å². The van der Waals surface area contributed by atoms with E-state index in [1.165, 1.54) is 0 Å². The van der Waals surface area contributed by atoms with Gasteiger partial charge in [0.15, 0.2) is 0 Å². The van der Waals surface area contributed by atoms with Crippen LogP contribution in [0.5, 0.6) is 5.88 Å². The molecule has 0 aromatic carbocycles. The Labute approximate surface area is 107 Å². The number of hydrogen-bond acceptors (Lipinski definition) is 4. The van der Waals surface area contributed by atoms with Crippen LogP contribution in [-0.4, -0.2) is 22.4 Å². The predicted octanol–water partition coefficient (Wildman–Crippen LogP) is 1.74. The van der Waals surface area contributed by atoms with Crippen molar-refractivity contribution in [2.75, 3.05) is 0 Å². The van der Waals surface area contributed by atoms with Crippen LogP contribution in [-0.2, 0) is 6.54 Å². The van der Waals surface area contributed by atoms with Gasteiger partial charge in [0.2, 0.25) is 5.88 Å². The molecule has 0 aliphatic heterocycles. The zero-order valence-electron chi connectivity index (χ0n) is 8.08. The van der Waals surface area contributed by atoms with Gasteiger partial charge in [-0.25, -0.2) is 9.78 Å². The Morgan fingerprint density at radius 1 is 1.59 bits per heavy atom. The molecular weight excluding hydrogens is 356 g/mol. The number of carboxylic acids is 1. The molecule has 0 bridgehead atoms. The molecule has 1 heterocycles. The average Bonchev–Trinajstić information content (AvgIpc) is 2.17. The highest BCUT2D eigenvalue weighted by Gasteiger charge is 2.35. The number of ether oxygens (including phenoxy) is 1. The summed E-state index contributed by atoms with van der Waals surface area (Å²) >= 11 is 1.73. The topological polar surface area (TPSA) is 85.4 Å². The van der Waals surface area contributed by atoms with Crippen molar-refractivity contribution >= 4 is 28.6 Å². The van der Waals surface area contributed by atoms with E-state index >= 15 is 0 Å². The molecule has 0 aliphatic rings. The first kappa shape index (κ1) is 14.0. The van der Waals surface area contributed by atoms with E-state index in [-0.39, 0.29) is 12.1 Å². The Kier molecular flexibility index (Phi) is 4.14. The van der Waals surface area contributed by atoms with Crippen molar-refractivity contribution in [2.24, 2.45) is 5.73 Å². The molecule has 0 spiro atoms. The van der Waals surface area contributed by atoms with Gasteiger partial charge in [-0.15, -0.1) is 13.2 Å². The van der Waals surface area contributed by atoms with Crippen LogP contribution in [0, 0.1) is 3.57 Å². The summed E-state index contributed by atoms with van der Waals surface area (Å²) in [7, 11) is 0. The summed E-state index contributed by atoms with van der Waals surface area (Å²) in [6, 6.07) is 0. The van der Waals surface area contributed by atoms with Crippen LogP contribution in [0.15, 0.2) is 6.20 Å². The molecule has 0 saturated heterocycles. The van der Waals surface area contributed by atoms with Gasteiger partial charge in [0.25, 0.3) is 0 Å². The largest absolute Gasteiger partial charge is 0.574 e. The van der Waals surface area contributed by atoms with Gasteiger partial charge in [0.1, 0.15) is 5.56 Å². The minimum Gasteiger partial charge on any atom is -0.477 e. The van der Waals surface area contributed by atoms with Crippen LogP contribution in [0.4, 0.5) is 13.2 Å². The van der Waals surface area contributed by atoms with Gasteiger partial charge >= 0.3 is 12.3 Å². The van der Waals surface area contributed by atoms with E-state index in [2.05, 4.69) is 9.72 Å². The van der Waals surface area contributed by atoms with E-state index in [9.17, 15) is 18.0 Å². The van der Waals surface area contributed by atoms with Crippen LogP contribution in [0.2, 0.25) is 0 Å². The smallest absolute Gasteiger partial charge is 0.477 e. The number of carbonyl (C=O) groups is 1. The summed E-state index contributed by atoms with van der Waals surface area (Å²) in [6.45, 7) is -0.226. The Hall–Kier alpha value is -1.10. The molecule has 1 aromatic heterocycles. The molecule has 0 aliphatic carbocycles. The number of pyridine rings is 1. The number of nitrogens with two attached hydrogens (primary N) is 1. The Bertz CT molecular complexity index is 450. The van der Waals surface area contributed by atoms with E-state index in [1.807, 2.05) is 0 Å². The standard InChI is InChI=1S/C8H6F3IN2O3/c9-8(10,11)17-6-5(7(15)16)3(1-13)4(12)2-14-6/h2H,1,13H2,(H,15,16). The second kappa shape index (κ2) is 5.04. The molecule has 0 unspecified atom stereocenters. The number of halogens is 4. The first-order chi connectivity index (χ1) is 7.76. The van der Waals surface area contributed by atoms with E-state index in [0.29, 0.717) is 3.57 Å². The Morgan fingerprint density at radius 3 is 2.59 bits per heavy atom. The van der Waals surface area contributed by atoms with Gasteiger partial charge in [-0.2, -0.15) is 0 Å². The maximum absolute atomic E-state index is 12.0. The van der Waals surface area contributed by atoms with E-state index in [1.54, 1.807) is 22.6 Å². The van der Waals surface area contributed by atoms with Gasteiger partial charge in [-0.05, 0) is 22.6 Å². The Morgan fingerprint density at radius 2 is 2.18 bits per heavy atom. The maximum Gasteiger partial charge on any atom is 0.574 e. The zero-order chi connectivity index (χ0) is 13.2. The molecule has 0 atom stereocenters. The highest BCUT2D eigenvalue weighted by molar-refractivity contribution is 14.1. The highest BCUT2D eigenvalue weighted by atomic mass is 127. The van der Waals surface area contributed by atoms with Gasteiger partial charge in [0.05, 0.1) is 0 Å². The fourth-order valence-electron chi connectivity index (χ4n) is 1.11. The zero-order valence-corrected chi connectivity index (χ0v) is 10.2. The van der Waals surface area contributed by atoms with Gasteiger partial charge < -0.3 is 15.6 Å². The monoisotopic (exact) mass is 362 g/mol. The Balaban J connectivity index is 3.36. The molecule has 0 radical (unpaired) electrons. The number of hydrogen-bond donors (Lipinski definition) is 2. The third-order valence-electron chi connectivity index (χ3n) is 1.73. The molecule has 1 rings (SSSR count). The van der Waals surface area contributed by atoms with Crippen LogP contribution < -0.4 is 10.5 Å². The van der Waals surface area contributed by atoms with Crippen molar-refractivity contribution in [2.45, 2.75) is 12.9 Å². The quantitative estimate of drug-likeness (QED) is 0.801. The summed E-state index contributed by atoms with van der Waals surface area (Å²) in [5.74, 6) is -2.58. The second-order valence-electron chi connectivity index (χ2n) is 2.82. The highest BCUT2D eigenvalue weighted by Crippen LogP contribution is 2.28. The third kappa shape index (κ3) is 3.43. The lowest BCUT2D eigenvalue weighted by atomic mass is 10.1. The number of rotatable bonds is 3. The van der Waals surface area contributed by atoms with Crippen molar-refractivity contribution in [3.05, 3.63) is 20.9 Å².